The summed E-state index contributed by atoms with van der Waals surface area (Å²) in [5, 5.41) is 3.82. The van der Waals surface area contributed by atoms with Gasteiger partial charge in [-0.2, -0.15) is 0 Å². The van der Waals surface area contributed by atoms with Gasteiger partial charge in [-0.15, -0.1) is 0 Å². The van der Waals surface area contributed by atoms with Crippen molar-refractivity contribution in [3.05, 3.63) is 29.3 Å². The van der Waals surface area contributed by atoms with Crippen molar-refractivity contribution < 1.29 is 0 Å². The van der Waals surface area contributed by atoms with Gasteiger partial charge in [-0.3, -0.25) is 0 Å². The maximum atomic E-state index is 3.82. The third-order valence-electron chi connectivity index (χ3n) is 5.77. The van der Waals surface area contributed by atoms with E-state index in [1.54, 1.807) is 0 Å². The molecule has 1 aromatic carbocycles. The minimum absolute atomic E-state index is 0.701. The summed E-state index contributed by atoms with van der Waals surface area (Å²) in [6.07, 6.45) is 6.67. The van der Waals surface area contributed by atoms with Gasteiger partial charge in [0.2, 0.25) is 0 Å². The van der Waals surface area contributed by atoms with Gasteiger partial charge in [0.25, 0.3) is 0 Å². The van der Waals surface area contributed by atoms with Crippen LogP contribution >= 0.6 is 0 Å². The van der Waals surface area contributed by atoms with Gasteiger partial charge < -0.3 is 10.2 Å². The lowest BCUT2D eigenvalue weighted by molar-refractivity contribution is 0.206. The van der Waals surface area contributed by atoms with E-state index < -0.39 is 0 Å². The quantitative estimate of drug-likeness (QED) is 0.904. The molecule has 0 aromatic heterocycles. The van der Waals surface area contributed by atoms with Crippen LogP contribution in [0.1, 0.15) is 50.7 Å². The molecular formula is C19H30N2. The first-order chi connectivity index (χ1) is 10.1. The van der Waals surface area contributed by atoms with Gasteiger partial charge >= 0.3 is 0 Å². The molecule has 0 bridgehead atoms. The number of benzene rings is 1. The lowest BCUT2D eigenvalue weighted by atomic mass is 9.78. The molecule has 0 saturated heterocycles. The summed E-state index contributed by atoms with van der Waals surface area (Å²) >= 11 is 0. The SMILES string of the molecule is CC1CCCC(NCc2ccc3c(c2)CCCN3C)C1C. The Morgan fingerprint density at radius 3 is 2.90 bits per heavy atom. The van der Waals surface area contributed by atoms with Crippen molar-refractivity contribution in [3.63, 3.8) is 0 Å². The zero-order valence-corrected chi connectivity index (χ0v) is 13.9. The zero-order chi connectivity index (χ0) is 14.8. The first-order valence-electron chi connectivity index (χ1n) is 8.71. The number of hydrogen-bond acceptors (Lipinski definition) is 2. The molecule has 2 heteroatoms. The van der Waals surface area contributed by atoms with Gasteiger partial charge in [0.1, 0.15) is 0 Å². The van der Waals surface area contributed by atoms with Crippen molar-refractivity contribution in [3.8, 4) is 0 Å². The zero-order valence-electron chi connectivity index (χ0n) is 13.9. The predicted molar refractivity (Wildman–Crippen MR) is 90.8 cm³/mol. The molecule has 21 heavy (non-hydrogen) atoms. The average Bonchev–Trinajstić information content (AvgIpc) is 2.49. The van der Waals surface area contributed by atoms with Crippen LogP contribution in [0.15, 0.2) is 18.2 Å². The molecule has 3 rings (SSSR count). The van der Waals surface area contributed by atoms with Gasteiger partial charge in [-0.05, 0) is 48.3 Å². The number of nitrogens with zero attached hydrogens (tertiary/aromatic N) is 1. The average molecular weight is 286 g/mol. The summed E-state index contributed by atoms with van der Waals surface area (Å²) in [5.74, 6) is 1.68. The largest absolute Gasteiger partial charge is 0.374 e. The Bertz CT molecular complexity index is 482. The topological polar surface area (TPSA) is 15.3 Å². The molecule has 1 aliphatic heterocycles. The minimum Gasteiger partial charge on any atom is -0.374 e. The highest BCUT2D eigenvalue weighted by Gasteiger charge is 2.26. The smallest absolute Gasteiger partial charge is 0.0396 e. The van der Waals surface area contributed by atoms with Gasteiger partial charge in [-0.25, -0.2) is 0 Å². The number of rotatable bonds is 3. The minimum atomic E-state index is 0.701. The molecule has 3 unspecified atom stereocenters. The highest BCUT2D eigenvalue weighted by molar-refractivity contribution is 5.56. The van der Waals surface area contributed by atoms with E-state index in [0.29, 0.717) is 6.04 Å². The molecule has 3 atom stereocenters. The van der Waals surface area contributed by atoms with Crippen LogP contribution in [0.4, 0.5) is 5.69 Å². The van der Waals surface area contributed by atoms with Crippen LogP contribution in [0, 0.1) is 11.8 Å². The standard InChI is InChI=1S/C19H30N2/c1-14-6-4-8-18(15(14)2)20-13-16-9-10-19-17(12-16)7-5-11-21(19)3/h9-10,12,14-15,18,20H,4-8,11,13H2,1-3H3. The molecule has 1 N–H and O–H groups in total. The Balaban J connectivity index is 1.63. The lowest BCUT2D eigenvalue weighted by Gasteiger charge is -2.35. The monoisotopic (exact) mass is 286 g/mol. The number of aryl methyl sites for hydroxylation is 1. The second-order valence-electron chi connectivity index (χ2n) is 7.24. The molecule has 116 valence electrons. The van der Waals surface area contributed by atoms with Crippen molar-refractivity contribution in [2.45, 2.75) is 58.5 Å². The highest BCUT2D eigenvalue weighted by atomic mass is 15.1. The normalized spacial score (nSPS) is 29.3. The lowest BCUT2D eigenvalue weighted by Crippen LogP contribution is -2.40. The second-order valence-corrected chi connectivity index (χ2v) is 7.24. The van der Waals surface area contributed by atoms with E-state index in [1.165, 1.54) is 55.5 Å². The Hall–Kier alpha value is -1.02. The van der Waals surface area contributed by atoms with E-state index in [1.807, 2.05) is 0 Å². The van der Waals surface area contributed by atoms with Gasteiger partial charge in [0, 0.05) is 31.9 Å². The van der Waals surface area contributed by atoms with Crippen molar-refractivity contribution in [1.29, 1.82) is 0 Å². The van der Waals surface area contributed by atoms with Crippen LogP contribution in [0.25, 0.3) is 0 Å². The fourth-order valence-corrected chi connectivity index (χ4v) is 4.07. The Morgan fingerprint density at radius 1 is 1.19 bits per heavy atom. The molecular weight excluding hydrogens is 256 g/mol. The summed E-state index contributed by atoms with van der Waals surface area (Å²) in [6, 6.07) is 7.75. The molecule has 2 aliphatic rings. The predicted octanol–water partition coefficient (Wildman–Crippen LogP) is 3.98. The molecule has 1 aromatic rings. The van der Waals surface area contributed by atoms with Crippen molar-refractivity contribution in [2.24, 2.45) is 11.8 Å². The van der Waals surface area contributed by atoms with E-state index in [0.717, 1.165) is 18.4 Å². The maximum Gasteiger partial charge on any atom is 0.0396 e. The van der Waals surface area contributed by atoms with E-state index in [2.05, 4.69) is 49.3 Å². The highest BCUT2D eigenvalue weighted by Crippen LogP contribution is 2.30. The van der Waals surface area contributed by atoms with Crippen LogP contribution in [0.5, 0.6) is 0 Å². The van der Waals surface area contributed by atoms with E-state index in [4.69, 9.17) is 0 Å². The third kappa shape index (κ3) is 3.26. The van der Waals surface area contributed by atoms with Gasteiger partial charge in [0.05, 0.1) is 0 Å². The molecule has 1 heterocycles. The maximum absolute atomic E-state index is 3.82. The third-order valence-corrected chi connectivity index (χ3v) is 5.77. The van der Waals surface area contributed by atoms with E-state index in [-0.39, 0.29) is 0 Å². The molecule has 0 radical (unpaired) electrons. The number of anilines is 1. The van der Waals surface area contributed by atoms with Crippen molar-refractivity contribution in [2.75, 3.05) is 18.5 Å². The first kappa shape index (κ1) is 14.9. The number of nitrogens with one attached hydrogen (secondary N) is 1. The number of hydrogen-bond donors (Lipinski definition) is 1. The van der Waals surface area contributed by atoms with Gasteiger partial charge in [-0.1, -0.05) is 38.8 Å². The first-order valence-corrected chi connectivity index (χ1v) is 8.71. The Kier molecular flexibility index (Phi) is 4.54. The Labute approximate surface area is 129 Å². The van der Waals surface area contributed by atoms with Crippen LogP contribution < -0.4 is 10.2 Å². The van der Waals surface area contributed by atoms with E-state index in [9.17, 15) is 0 Å². The second kappa shape index (κ2) is 6.39. The van der Waals surface area contributed by atoms with Crippen LogP contribution in [0.3, 0.4) is 0 Å². The summed E-state index contributed by atoms with van der Waals surface area (Å²) < 4.78 is 0. The fourth-order valence-electron chi connectivity index (χ4n) is 4.07. The molecule has 2 nitrogen and oxygen atoms in total. The Morgan fingerprint density at radius 2 is 2.05 bits per heavy atom. The molecule has 1 saturated carbocycles. The fraction of sp³-hybridized carbons (Fsp3) is 0.684. The van der Waals surface area contributed by atoms with Crippen LogP contribution in [0.2, 0.25) is 0 Å². The molecule has 1 aliphatic carbocycles. The van der Waals surface area contributed by atoms with Crippen LogP contribution in [-0.4, -0.2) is 19.6 Å². The number of fused-ring (bicyclic) bond motifs is 1. The molecule has 0 spiro atoms. The van der Waals surface area contributed by atoms with Gasteiger partial charge in [0.15, 0.2) is 0 Å². The summed E-state index contributed by atoms with van der Waals surface area (Å²) in [6.45, 7) is 7.05. The summed E-state index contributed by atoms with van der Waals surface area (Å²) in [4.78, 5) is 2.39. The molecule has 1 fully saturated rings. The molecule has 0 amide bonds. The summed E-state index contributed by atoms with van der Waals surface area (Å²) in [7, 11) is 2.21. The van der Waals surface area contributed by atoms with Crippen LogP contribution in [-0.2, 0) is 13.0 Å². The van der Waals surface area contributed by atoms with Crippen molar-refractivity contribution >= 4 is 5.69 Å². The van der Waals surface area contributed by atoms with E-state index >= 15 is 0 Å². The summed E-state index contributed by atoms with van der Waals surface area (Å²) in [5.41, 5.74) is 4.42. The van der Waals surface area contributed by atoms with Crippen molar-refractivity contribution in [1.82, 2.24) is 5.32 Å².